The van der Waals surface area contributed by atoms with Crippen LogP contribution in [0.15, 0.2) is 53.7 Å². The topological polar surface area (TPSA) is 81.9 Å². The minimum absolute atomic E-state index is 0.0589. The molecule has 11 heteroatoms. The summed E-state index contributed by atoms with van der Waals surface area (Å²) in [5, 5.41) is 13.7. The summed E-state index contributed by atoms with van der Waals surface area (Å²) in [6, 6.07) is 11.6. The zero-order chi connectivity index (χ0) is 21.7. The van der Waals surface area contributed by atoms with Gasteiger partial charge in [-0.3, -0.25) is 4.79 Å². The third-order valence-electron chi connectivity index (χ3n) is 3.94. The van der Waals surface area contributed by atoms with E-state index >= 15 is 0 Å². The van der Waals surface area contributed by atoms with Crippen molar-refractivity contribution in [3.05, 3.63) is 54.1 Å². The number of ether oxygens (including phenoxy) is 1. The molecule has 0 fully saturated rings. The Bertz CT molecular complexity index is 1030. The molecule has 0 radical (unpaired) electrons. The molecule has 1 aromatic heterocycles. The lowest BCUT2D eigenvalue weighted by atomic mass is 10.2. The fourth-order valence-electron chi connectivity index (χ4n) is 2.54. The maximum Gasteiger partial charge on any atom is 0.416 e. The third-order valence-corrected chi connectivity index (χ3v) is 4.98. The SMILES string of the molecule is CCOc1ccccc1-n1nnnc1SC(C)C(=O)Nc1cccc(C(F)(F)F)c1. The number of anilines is 1. The third kappa shape index (κ3) is 5.09. The Hall–Kier alpha value is -3.08. The number of tetrazole rings is 1. The lowest BCUT2D eigenvalue weighted by Gasteiger charge is -2.14. The molecule has 0 spiro atoms. The van der Waals surface area contributed by atoms with Crippen LogP contribution in [0.4, 0.5) is 18.9 Å². The summed E-state index contributed by atoms with van der Waals surface area (Å²) in [6.07, 6.45) is -4.49. The van der Waals surface area contributed by atoms with Gasteiger partial charge in [0.05, 0.1) is 17.4 Å². The van der Waals surface area contributed by atoms with Gasteiger partial charge in [-0.15, -0.1) is 5.10 Å². The second-order valence-electron chi connectivity index (χ2n) is 6.10. The van der Waals surface area contributed by atoms with Crippen molar-refractivity contribution in [1.29, 1.82) is 0 Å². The number of benzene rings is 2. The minimum atomic E-state index is -4.49. The summed E-state index contributed by atoms with van der Waals surface area (Å²) in [6.45, 7) is 3.92. The number of halogens is 3. The van der Waals surface area contributed by atoms with E-state index in [2.05, 4.69) is 20.8 Å². The van der Waals surface area contributed by atoms with Crippen LogP contribution in [0.5, 0.6) is 5.75 Å². The van der Waals surface area contributed by atoms with Crippen molar-refractivity contribution >= 4 is 23.4 Å². The Kier molecular flexibility index (Phi) is 6.60. The van der Waals surface area contributed by atoms with Gasteiger partial charge in [0.25, 0.3) is 0 Å². The molecule has 0 bridgehead atoms. The number of carbonyl (C=O) groups excluding carboxylic acids is 1. The van der Waals surface area contributed by atoms with Crippen molar-refractivity contribution in [2.45, 2.75) is 30.4 Å². The molecule has 1 amide bonds. The molecule has 1 N–H and O–H groups in total. The van der Waals surface area contributed by atoms with Gasteiger partial charge in [0.1, 0.15) is 11.4 Å². The van der Waals surface area contributed by atoms with Gasteiger partial charge in [-0.05, 0) is 54.6 Å². The fraction of sp³-hybridized carbons (Fsp3) is 0.263. The lowest BCUT2D eigenvalue weighted by Crippen LogP contribution is -2.23. The quantitative estimate of drug-likeness (QED) is 0.558. The highest BCUT2D eigenvalue weighted by molar-refractivity contribution is 8.00. The zero-order valence-corrected chi connectivity index (χ0v) is 16.9. The molecule has 0 aliphatic carbocycles. The van der Waals surface area contributed by atoms with E-state index in [1.807, 2.05) is 13.0 Å². The molecular formula is C19H18F3N5O2S. The largest absolute Gasteiger partial charge is 0.492 e. The number of nitrogens with one attached hydrogen (secondary N) is 1. The van der Waals surface area contributed by atoms with Crippen LogP contribution in [0.3, 0.4) is 0 Å². The van der Waals surface area contributed by atoms with Crippen molar-refractivity contribution in [1.82, 2.24) is 20.2 Å². The summed E-state index contributed by atoms with van der Waals surface area (Å²) in [7, 11) is 0. The smallest absolute Gasteiger partial charge is 0.416 e. The number of hydrogen-bond acceptors (Lipinski definition) is 6. The summed E-state index contributed by atoms with van der Waals surface area (Å²) >= 11 is 1.07. The number of alkyl halides is 3. The zero-order valence-electron chi connectivity index (χ0n) is 16.1. The lowest BCUT2D eigenvalue weighted by molar-refractivity contribution is -0.137. The number of aromatic nitrogens is 4. The predicted molar refractivity (Wildman–Crippen MR) is 106 cm³/mol. The number of para-hydroxylation sites is 2. The van der Waals surface area contributed by atoms with E-state index in [4.69, 9.17) is 4.74 Å². The fourth-order valence-corrected chi connectivity index (χ4v) is 3.34. The first-order valence-electron chi connectivity index (χ1n) is 8.95. The second kappa shape index (κ2) is 9.16. The number of carbonyl (C=O) groups is 1. The first kappa shape index (κ1) is 21.6. The Balaban J connectivity index is 1.74. The molecule has 0 saturated carbocycles. The van der Waals surface area contributed by atoms with Crippen molar-refractivity contribution in [3.63, 3.8) is 0 Å². The van der Waals surface area contributed by atoms with Crippen molar-refractivity contribution in [3.8, 4) is 11.4 Å². The van der Waals surface area contributed by atoms with E-state index < -0.39 is 22.9 Å². The maximum atomic E-state index is 12.9. The standard InChI is InChI=1S/C19H18F3N5O2S/c1-3-29-16-10-5-4-9-15(16)27-18(24-25-26-27)30-12(2)17(28)23-14-8-6-7-13(11-14)19(20,21)22/h4-12H,3H2,1-2H3,(H,23,28). The van der Waals surface area contributed by atoms with Crippen molar-refractivity contribution in [2.24, 2.45) is 0 Å². The number of nitrogens with zero attached hydrogens (tertiary/aromatic N) is 4. The normalized spacial score (nSPS) is 12.4. The van der Waals surface area contributed by atoms with Gasteiger partial charge in [0.15, 0.2) is 0 Å². The van der Waals surface area contributed by atoms with Crippen LogP contribution < -0.4 is 10.1 Å². The van der Waals surface area contributed by atoms with E-state index in [1.54, 1.807) is 25.1 Å². The summed E-state index contributed by atoms with van der Waals surface area (Å²) in [5.74, 6) is 0.0992. The van der Waals surface area contributed by atoms with Crippen LogP contribution in [0, 0.1) is 0 Å². The van der Waals surface area contributed by atoms with Crippen LogP contribution >= 0.6 is 11.8 Å². The van der Waals surface area contributed by atoms with E-state index in [1.165, 1.54) is 16.8 Å². The molecule has 3 rings (SSSR count). The first-order chi connectivity index (χ1) is 14.3. The summed E-state index contributed by atoms with van der Waals surface area (Å²) < 4.78 is 45.6. The molecule has 7 nitrogen and oxygen atoms in total. The number of rotatable bonds is 7. The van der Waals surface area contributed by atoms with Gasteiger partial charge in [-0.2, -0.15) is 17.9 Å². The molecule has 1 heterocycles. The average Bonchev–Trinajstić information content (AvgIpc) is 3.16. The van der Waals surface area contributed by atoms with Crippen molar-refractivity contribution in [2.75, 3.05) is 11.9 Å². The maximum absolute atomic E-state index is 12.9. The van der Waals surface area contributed by atoms with Crippen LogP contribution in [-0.2, 0) is 11.0 Å². The molecule has 0 saturated heterocycles. The van der Waals surface area contributed by atoms with Crippen LogP contribution in [0.25, 0.3) is 5.69 Å². The highest BCUT2D eigenvalue weighted by atomic mass is 32.2. The molecule has 30 heavy (non-hydrogen) atoms. The highest BCUT2D eigenvalue weighted by Gasteiger charge is 2.30. The Labute approximate surface area is 174 Å². The van der Waals surface area contributed by atoms with Crippen molar-refractivity contribution < 1.29 is 22.7 Å². The van der Waals surface area contributed by atoms with Gasteiger partial charge in [-0.1, -0.05) is 30.0 Å². The molecule has 0 aliphatic heterocycles. The van der Waals surface area contributed by atoms with E-state index in [9.17, 15) is 18.0 Å². The van der Waals surface area contributed by atoms with Crippen LogP contribution in [-0.4, -0.2) is 38.0 Å². The average molecular weight is 437 g/mol. The van der Waals surface area contributed by atoms with Crippen LogP contribution in [0.1, 0.15) is 19.4 Å². The minimum Gasteiger partial charge on any atom is -0.492 e. The number of thioether (sulfide) groups is 1. The molecule has 2 aromatic carbocycles. The number of amides is 1. The Morgan fingerprint density at radius 2 is 2.00 bits per heavy atom. The van der Waals surface area contributed by atoms with E-state index in [-0.39, 0.29) is 5.69 Å². The van der Waals surface area contributed by atoms with Crippen LogP contribution in [0.2, 0.25) is 0 Å². The second-order valence-corrected chi connectivity index (χ2v) is 7.41. The summed E-state index contributed by atoms with van der Waals surface area (Å²) in [4.78, 5) is 12.5. The van der Waals surface area contributed by atoms with Gasteiger partial charge < -0.3 is 10.1 Å². The van der Waals surface area contributed by atoms with E-state index in [0.29, 0.717) is 23.2 Å². The molecule has 1 atom stereocenters. The molecule has 158 valence electrons. The molecule has 1 unspecified atom stereocenters. The van der Waals surface area contributed by atoms with Gasteiger partial charge >= 0.3 is 6.18 Å². The van der Waals surface area contributed by atoms with Gasteiger partial charge in [-0.25, -0.2) is 0 Å². The Morgan fingerprint density at radius 1 is 1.23 bits per heavy atom. The molecule has 0 aliphatic rings. The molecule has 3 aromatic rings. The van der Waals surface area contributed by atoms with Gasteiger partial charge in [0, 0.05) is 5.69 Å². The monoisotopic (exact) mass is 437 g/mol. The number of hydrogen-bond donors (Lipinski definition) is 1. The molecular weight excluding hydrogens is 419 g/mol. The predicted octanol–water partition coefficient (Wildman–Crippen LogP) is 4.20. The summed E-state index contributed by atoms with van der Waals surface area (Å²) in [5.41, 5.74) is -0.169. The van der Waals surface area contributed by atoms with E-state index in [0.717, 1.165) is 23.9 Å². The Morgan fingerprint density at radius 3 is 2.73 bits per heavy atom. The first-order valence-corrected chi connectivity index (χ1v) is 9.83. The highest BCUT2D eigenvalue weighted by Crippen LogP contribution is 2.31. The van der Waals surface area contributed by atoms with Gasteiger partial charge in [0.2, 0.25) is 11.1 Å².